The van der Waals surface area contributed by atoms with E-state index < -0.39 is 0 Å². The number of anilines is 1. The predicted octanol–water partition coefficient (Wildman–Crippen LogP) is 3.55. The van der Waals surface area contributed by atoms with Crippen molar-refractivity contribution in [2.45, 2.75) is 12.1 Å². The molecule has 1 amide bonds. The van der Waals surface area contributed by atoms with Gasteiger partial charge in [0.2, 0.25) is 5.91 Å². The number of hydrogen-bond donors (Lipinski definition) is 1. The molecule has 0 saturated heterocycles. The summed E-state index contributed by atoms with van der Waals surface area (Å²) in [5, 5.41) is 11.6. The highest BCUT2D eigenvalue weighted by atomic mass is 32.2. The van der Waals surface area contributed by atoms with Crippen molar-refractivity contribution in [2.24, 2.45) is 7.05 Å². The third-order valence-electron chi connectivity index (χ3n) is 3.84. The van der Waals surface area contributed by atoms with Gasteiger partial charge in [-0.25, -0.2) is 4.39 Å². The second-order valence-electron chi connectivity index (χ2n) is 5.84. The minimum atomic E-state index is -0.316. The lowest BCUT2D eigenvalue weighted by molar-refractivity contribution is -0.113. The Bertz CT molecular complexity index is 968. The van der Waals surface area contributed by atoms with Gasteiger partial charge in [0.05, 0.1) is 5.75 Å². The zero-order chi connectivity index (χ0) is 19.4. The molecule has 0 aliphatic rings. The monoisotopic (exact) mass is 384 g/mol. The summed E-state index contributed by atoms with van der Waals surface area (Å²) in [5.41, 5.74) is 1.96. The van der Waals surface area contributed by atoms with Crippen LogP contribution in [0.1, 0.15) is 17.3 Å². The maximum atomic E-state index is 13.1. The van der Waals surface area contributed by atoms with Crippen molar-refractivity contribution in [2.75, 3.05) is 11.1 Å². The number of ketones is 1. The Morgan fingerprint density at radius 1 is 1.07 bits per heavy atom. The molecule has 138 valence electrons. The molecule has 0 aliphatic heterocycles. The van der Waals surface area contributed by atoms with E-state index in [1.807, 2.05) is 0 Å². The van der Waals surface area contributed by atoms with E-state index in [1.165, 1.54) is 30.8 Å². The second kappa shape index (κ2) is 8.13. The van der Waals surface area contributed by atoms with Gasteiger partial charge in [0.15, 0.2) is 16.8 Å². The lowest BCUT2D eigenvalue weighted by Gasteiger charge is -2.06. The van der Waals surface area contributed by atoms with Gasteiger partial charge in [-0.3, -0.25) is 9.59 Å². The van der Waals surface area contributed by atoms with Crippen LogP contribution in [-0.2, 0) is 11.8 Å². The van der Waals surface area contributed by atoms with Crippen LogP contribution in [0, 0.1) is 5.82 Å². The SMILES string of the molecule is CC(=O)c1ccc(NC(=O)CSc2nnc(-c3ccc(F)cc3)n2C)cc1. The number of carbonyl (C=O) groups excluding carboxylic acids is 2. The Kier molecular flexibility index (Phi) is 5.66. The molecule has 0 bridgehead atoms. The molecule has 6 nitrogen and oxygen atoms in total. The molecule has 0 atom stereocenters. The molecule has 0 saturated carbocycles. The molecule has 0 spiro atoms. The average molecular weight is 384 g/mol. The molecule has 3 rings (SSSR count). The number of amides is 1. The van der Waals surface area contributed by atoms with E-state index in [4.69, 9.17) is 0 Å². The van der Waals surface area contributed by atoms with Crippen molar-refractivity contribution in [1.82, 2.24) is 14.8 Å². The third-order valence-corrected chi connectivity index (χ3v) is 4.87. The van der Waals surface area contributed by atoms with Crippen LogP contribution in [0.4, 0.5) is 10.1 Å². The van der Waals surface area contributed by atoms with Crippen LogP contribution < -0.4 is 5.32 Å². The Balaban J connectivity index is 1.60. The van der Waals surface area contributed by atoms with E-state index in [9.17, 15) is 14.0 Å². The van der Waals surface area contributed by atoms with Crippen molar-refractivity contribution >= 4 is 29.1 Å². The second-order valence-corrected chi connectivity index (χ2v) is 6.78. The average Bonchev–Trinajstić information content (AvgIpc) is 3.02. The third kappa shape index (κ3) is 4.59. The molecule has 3 aromatic rings. The van der Waals surface area contributed by atoms with Gasteiger partial charge in [-0.2, -0.15) is 0 Å². The number of Topliss-reactive ketones (excluding diaryl/α,β-unsaturated/α-hetero) is 1. The maximum absolute atomic E-state index is 13.1. The molecule has 2 aromatic carbocycles. The van der Waals surface area contributed by atoms with Gasteiger partial charge in [0, 0.05) is 23.9 Å². The van der Waals surface area contributed by atoms with Gasteiger partial charge in [-0.15, -0.1) is 10.2 Å². The van der Waals surface area contributed by atoms with E-state index in [-0.39, 0.29) is 23.3 Å². The van der Waals surface area contributed by atoms with Gasteiger partial charge in [-0.1, -0.05) is 11.8 Å². The summed E-state index contributed by atoms with van der Waals surface area (Å²) in [7, 11) is 1.79. The number of rotatable bonds is 6. The molecule has 1 heterocycles. The smallest absolute Gasteiger partial charge is 0.234 e. The van der Waals surface area contributed by atoms with Gasteiger partial charge in [0.1, 0.15) is 5.82 Å². The summed E-state index contributed by atoms with van der Waals surface area (Å²) in [5.74, 6) is 0.218. The van der Waals surface area contributed by atoms with Crippen LogP contribution in [0.25, 0.3) is 11.4 Å². The summed E-state index contributed by atoms with van der Waals surface area (Å²) >= 11 is 1.25. The van der Waals surface area contributed by atoms with Crippen LogP contribution in [-0.4, -0.2) is 32.2 Å². The Morgan fingerprint density at radius 3 is 2.37 bits per heavy atom. The molecule has 0 unspecified atom stereocenters. The number of nitrogens with zero attached hydrogens (tertiary/aromatic N) is 3. The van der Waals surface area contributed by atoms with Crippen molar-refractivity contribution < 1.29 is 14.0 Å². The Hall–Kier alpha value is -3.00. The minimum absolute atomic E-state index is 0.0253. The van der Waals surface area contributed by atoms with E-state index >= 15 is 0 Å². The van der Waals surface area contributed by atoms with Crippen LogP contribution in [0.15, 0.2) is 53.7 Å². The Labute approximate surface area is 159 Å². The van der Waals surface area contributed by atoms with E-state index in [0.717, 1.165) is 5.56 Å². The summed E-state index contributed by atoms with van der Waals surface area (Å²) in [6.07, 6.45) is 0. The van der Waals surface area contributed by atoms with Gasteiger partial charge >= 0.3 is 0 Å². The van der Waals surface area contributed by atoms with Gasteiger partial charge in [-0.05, 0) is 55.5 Å². The summed E-state index contributed by atoms with van der Waals surface area (Å²) in [4.78, 5) is 23.4. The van der Waals surface area contributed by atoms with Crippen molar-refractivity contribution in [3.05, 3.63) is 59.9 Å². The molecule has 0 radical (unpaired) electrons. The van der Waals surface area contributed by atoms with Crippen molar-refractivity contribution in [3.8, 4) is 11.4 Å². The molecule has 1 aromatic heterocycles. The predicted molar refractivity (Wildman–Crippen MR) is 102 cm³/mol. The summed E-state index contributed by atoms with van der Waals surface area (Å²) < 4.78 is 14.8. The first-order valence-electron chi connectivity index (χ1n) is 8.13. The number of thioether (sulfide) groups is 1. The maximum Gasteiger partial charge on any atom is 0.234 e. The molecule has 8 heteroatoms. The highest BCUT2D eigenvalue weighted by molar-refractivity contribution is 7.99. The number of benzene rings is 2. The molecular formula is C19H17FN4O2S. The van der Waals surface area contributed by atoms with Crippen molar-refractivity contribution in [1.29, 1.82) is 0 Å². The molecule has 0 fully saturated rings. The quantitative estimate of drug-likeness (QED) is 0.519. The number of nitrogens with one attached hydrogen (secondary N) is 1. The number of hydrogen-bond acceptors (Lipinski definition) is 5. The zero-order valence-electron chi connectivity index (χ0n) is 14.8. The molecule has 1 N–H and O–H groups in total. The first-order valence-corrected chi connectivity index (χ1v) is 9.11. The Morgan fingerprint density at radius 2 is 1.74 bits per heavy atom. The first kappa shape index (κ1) is 18.8. The molecular weight excluding hydrogens is 367 g/mol. The van der Waals surface area contributed by atoms with Crippen LogP contribution in [0.3, 0.4) is 0 Å². The molecule has 0 aliphatic carbocycles. The van der Waals surface area contributed by atoms with Gasteiger partial charge in [0.25, 0.3) is 0 Å². The summed E-state index contributed by atoms with van der Waals surface area (Å²) in [6, 6.07) is 12.7. The number of aromatic nitrogens is 3. The largest absolute Gasteiger partial charge is 0.325 e. The molecule has 27 heavy (non-hydrogen) atoms. The minimum Gasteiger partial charge on any atom is -0.325 e. The topological polar surface area (TPSA) is 76.9 Å². The fourth-order valence-corrected chi connectivity index (χ4v) is 3.12. The van der Waals surface area contributed by atoms with E-state index in [0.29, 0.717) is 22.2 Å². The lowest BCUT2D eigenvalue weighted by Crippen LogP contribution is -2.14. The highest BCUT2D eigenvalue weighted by Gasteiger charge is 2.13. The fraction of sp³-hybridized carbons (Fsp3) is 0.158. The zero-order valence-corrected chi connectivity index (χ0v) is 15.6. The van der Waals surface area contributed by atoms with Crippen LogP contribution in [0.5, 0.6) is 0 Å². The van der Waals surface area contributed by atoms with Crippen LogP contribution in [0.2, 0.25) is 0 Å². The standard InChI is InChI=1S/C19H17FN4O2S/c1-12(25)13-5-9-16(10-6-13)21-17(26)11-27-19-23-22-18(24(19)2)14-3-7-15(20)8-4-14/h3-10H,11H2,1-2H3,(H,21,26). The summed E-state index contributed by atoms with van der Waals surface area (Å²) in [6.45, 7) is 1.49. The van der Waals surface area contributed by atoms with Crippen molar-refractivity contribution in [3.63, 3.8) is 0 Å². The number of carbonyl (C=O) groups is 2. The van der Waals surface area contributed by atoms with Crippen LogP contribution >= 0.6 is 11.8 Å². The fourth-order valence-electron chi connectivity index (χ4n) is 2.41. The lowest BCUT2D eigenvalue weighted by atomic mass is 10.1. The van der Waals surface area contributed by atoms with E-state index in [1.54, 1.807) is 48.0 Å². The normalized spacial score (nSPS) is 10.6. The number of halogens is 1. The van der Waals surface area contributed by atoms with E-state index in [2.05, 4.69) is 15.5 Å². The van der Waals surface area contributed by atoms with Gasteiger partial charge < -0.3 is 9.88 Å². The first-order chi connectivity index (χ1) is 12.9. The highest BCUT2D eigenvalue weighted by Crippen LogP contribution is 2.23.